The Morgan fingerprint density at radius 3 is 2.62 bits per heavy atom. The molecule has 0 aliphatic carbocycles. The number of nitrogens with zero attached hydrogens (tertiary/aromatic N) is 2. The van der Waals surface area contributed by atoms with E-state index in [1.54, 1.807) is 13.8 Å². The van der Waals surface area contributed by atoms with Gasteiger partial charge in [0, 0.05) is 30.8 Å². The van der Waals surface area contributed by atoms with Crippen molar-refractivity contribution in [1.82, 2.24) is 4.31 Å². The highest BCUT2D eigenvalue weighted by Crippen LogP contribution is 2.28. The molecule has 0 radical (unpaired) electrons. The summed E-state index contributed by atoms with van der Waals surface area (Å²) in [5.41, 5.74) is 6.71. The van der Waals surface area contributed by atoms with Crippen LogP contribution in [0.3, 0.4) is 0 Å². The lowest BCUT2D eigenvalue weighted by Gasteiger charge is -2.29. The van der Waals surface area contributed by atoms with E-state index in [4.69, 9.17) is 5.73 Å². The van der Waals surface area contributed by atoms with Crippen molar-refractivity contribution in [3.63, 3.8) is 0 Å². The van der Waals surface area contributed by atoms with Crippen molar-refractivity contribution in [3.05, 3.63) is 33.4 Å². The first kappa shape index (κ1) is 15.9. The third-order valence-corrected chi connectivity index (χ3v) is 5.71. The third kappa shape index (κ3) is 3.07. The number of hydrogen-bond acceptors (Lipinski definition) is 5. The van der Waals surface area contributed by atoms with E-state index in [9.17, 15) is 18.5 Å². The molecule has 0 bridgehead atoms. The van der Waals surface area contributed by atoms with Crippen molar-refractivity contribution < 1.29 is 13.3 Å². The molecule has 8 heteroatoms. The number of aryl methyl sites for hydroxylation is 1. The van der Waals surface area contributed by atoms with Gasteiger partial charge in [-0.05, 0) is 38.3 Å². The predicted octanol–water partition coefficient (Wildman–Crippen LogP) is 1.32. The van der Waals surface area contributed by atoms with Crippen molar-refractivity contribution in [2.75, 3.05) is 13.1 Å². The third-order valence-electron chi connectivity index (χ3n) is 3.87. The van der Waals surface area contributed by atoms with E-state index in [-0.39, 0.29) is 23.2 Å². The molecule has 7 nitrogen and oxygen atoms in total. The molecule has 2 N–H and O–H groups in total. The van der Waals surface area contributed by atoms with Crippen LogP contribution in [0.25, 0.3) is 0 Å². The lowest BCUT2D eigenvalue weighted by atomic mass is 10.1. The van der Waals surface area contributed by atoms with E-state index in [1.807, 2.05) is 0 Å². The Bertz CT molecular complexity index is 672. The van der Waals surface area contributed by atoms with Gasteiger partial charge in [0.1, 0.15) is 0 Å². The number of piperidine rings is 1. The predicted molar refractivity (Wildman–Crippen MR) is 78.5 cm³/mol. The topological polar surface area (TPSA) is 107 Å². The quantitative estimate of drug-likeness (QED) is 0.669. The Morgan fingerprint density at radius 1 is 1.38 bits per heavy atom. The largest absolute Gasteiger partial charge is 0.327 e. The fraction of sp³-hybridized carbons (Fsp3) is 0.538. The number of rotatable bonds is 3. The minimum absolute atomic E-state index is 0.0357. The highest BCUT2D eigenvalue weighted by atomic mass is 32.2. The summed E-state index contributed by atoms with van der Waals surface area (Å²) in [5, 5.41) is 11.1. The molecule has 2 rings (SSSR count). The average Bonchev–Trinajstić information content (AvgIpc) is 2.41. The van der Waals surface area contributed by atoms with Crippen LogP contribution in [0.15, 0.2) is 17.0 Å². The molecule has 1 atom stereocenters. The Hall–Kier alpha value is -1.51. The monoisotopic (exact) mass is 313 g/mol. The SMILES string of the molecule is Cc1cc(S(=O)(=O)N2CCC[C@@H](N)C2)cc([N+](=O)[O-])c1C. The maximum Gasteiger partial charge on any atom is 0.273 e. The molecule has 0 saturated carbocycles. The molecule has 1 saturated heterocycles. The molecule has 116 valence electrons. The number of nitrogens with two attached hydrogens (primary N) is 1. The molecule has 21 heavy (non-hydrogen) atoms. The van der Waals surface area contributed by atoms with E-state index < -0.39 is 14.9 Å². The van der Waals surface area contributed by atoms with Gasteiger partial charge in [-0.3, -0.25) is 10.1 Å². The fourth-order valence-electron chi connectivity index (χ4n) is 2.49. The molecular formula is C13H19N3O4S. The second kappa shape index (κ2) is 5.70. The molecule has 0 unspecified atom stereocenters. The van der Waals surface area contributed by atoms with Gasteiger partial charge in [0.25, 0.3) is 5.69 Å². The molecule has 1 aliphatic heterocycles. The molecule has 0 spiro atoms. The fourth-order valence-corrected chi connectivity index (χ4v) is 4.13. The number of sulfonamides is 1. The van der Waals surface area contributed by atoms with Crippen molar-refractivity contribution in [3.8, 4) is 0 Å². The zero-order chi connectivity index (χ0) is 15.8. The standard InChI is InChI=1S/C13H19N3O4S/c1-9-6-12(7-13(10(9)2)16(17)18)21(19,20)15-5-3-4-11(14)8-15/h6-7,11H,3-5,8,14H2,1-2H3/t11-/m1/s1. The summed E-state index contributed by atoms with van der Waals surface area (Å²) in [7, 11) is -3.74. The summed E-state index contributed by atoms with van der Waals surface area (Å²) in [6, 6.07) is 2.44. The van der Waals surface area contributed by atoms with Gasteiger partial charge >= 0.3 is 0 Å². The summed E-state index contributed by atoms with van der Waals surface area (Å²) in [5.74, 6) is 0. The number of hydrogen-bond donors (Lipinski definition) is 1. The molecule has 1 fully saturated rings. The normalized spacial score (nSPS) is 20.4. The maximum atomic E-state index is 12.6. The molecule has 1 heterocycles. The van der Waals surface area contributed by atoms with Gasteiger partial charge in [-0.15, -0.1) is 0 Å². The second-order valence-corrected chi connectivity index (χ2v) is 7.34. The summed E-state index contributed by atoms with van der Waals surface area (Å²) in [6.45, 7) is 3.93. The first-order valence-corrected chi connectivity index (χ1v) is 8.19. The van der Waals surface area contributed by atoms with Crippen LogP contribution in [0.1, 0.15) is 24.0 Å². The molecule has 0 aromatic heterocycles. The summed E-state index contributed by atoms with van der Waals surface area (Å²) in [6.07, 6.45) is 1.49. The van der Waals surface area contributed by atoms with Gasteiger partial charge in [-0.25, -0.2) is 8.42 Å². The number of nitro benzene ring substituents is 1. The van der Waals surface area contributed by atoms with Gasteiger partial charge in [0.2, 0.25) is 10.0 Å². The van der Waals surface area contributed by atoms with Gasteiger partial charge < -0.3 is 5.73 Å². The van der Waals surface area contributed by atoms with Crippen LogP contribution in [0.5, 0.6) is 0 Å². The zero-order valence-corrected chi connectivity index (χ0v) is 12.9. The Balaban J connectivity index is 2.47. The van der Waals surface area contributed by atoms with Crippen LogP contribution in [-0.2, 0) is 10.0 Å². The van der Waals surface area contributed by atoms with E-state index >= 15 is 0 Å². The lowest BCUT2D eigenvalue weighted by Crippen LogP contribution is -2.45. The van der Waals surface area contributed by atoms with E-state index in [0.717, 1.165) is 12.5 Å². The zero-order valence-electron chi connectivity index (χ0n) is 12.1. The van der Waals surface area contributed by atoms with Crippen LogP contribution < -0.4 is 5.73 Å². The number of nitro groups is 1. The molecule has 0 amide bonds. The smallest absolute Gasteiger partial charge is 0.273 e. The molecular weight excluding hydrogens is 294 g/mol. The molecule has 1 aliphatic rings. The van der Waals surface area contributed by atoms with Crippen LogP contribution in [0.4, 0.5) is 5.69 Å². The Kier molecular flexibility index (Phi) is 4.31. The van der Waals surface area contributed by atoms with Gasteiger partial charge in [0.15, 0.2) is 0 Å². The Labute approximate surface area is 123 Å². The van der Waals surface area contributed by atoms with Gasteiger partial charge in [0.05, 0.1) is 9.82 Å². The van der Waals surface area contributed by atoms with Crippen LogP contribution in [-0.4, -0.2) is 36.8 Å². The van der Waals surface area contributed by atoms with E-state index in [1.165, 1.54) is 10.4 Å². The van der Waals surface area contributed by atoms with Crippen molar-refractivity contribution in [1.29, 1.82) is 0 Å². The molecule has 1 aromatic rings. The molecule has 1 aromatic carbocycles. The Morgan fingerprint density at radius 2 is 2.05 bits per heavy atom. The van der Waals surface area contributed by atoms with Gasteiger partial charge in [-0.1, -0.05) is 0 Å². The highest BCUT2D eigenvalue weighted by Gasteiger charge is 2.30. The minimum Gasteiger partial charge on any atom is -0.327 e. The maximum absolute atomic E-state index is 12.6. The second-order valence-electron chi connectivity index (χ2n) is 5.41. The van der Waals surface area contributed by atoms with Crippen molar-refractivity contribution >= 4 is 15.7 Å². The summed E-state index contributed by atoms with van der Waals surface area (Å²) < 4.78 is 26.6. The summed E-state index contributed by atoms with van der Waals surface area (Å²) >= 11 is 0. The summed E-state index contributed by atoms with van der Waals surface area (Å²) in [4.78, 5) is 10.5. The highest BCUT2D eigenvalue weighted by molar-refractivity contribution is 7.89. The first-order valence-electron chi connectivity index (χ1n) is 6.75. The number of benzene rings is 1. The lowest BCUT2D eigenvalue weighted by molar-refractivity contribution is -0.385. The van der Waals surface area contributed by atoms with Crippen molar-refractivity contribution in [2.45, 2.75) is 37.6 Å². The average molecular weight is 313 g/mol. The van der Waals surface area contributed by atoms with Crippen LogP contribution >= 0.6 is 0 Å². The van der Waals surface area contributed by atoms with Crippen molar-refractivity contribution in [2.24, 2.45) is 5.73 Å². The van der Waals surface area contributed by atoms with Crippen LogP contribution in [0.2, 0.25) is 0 Å². The van der Waals surface area contributed by atoms with Crippen LogP contribution in [0, 0.1) is 24.0 Å². The van der Waals surface area contributed by atoms with E-state index in [0.29, 0.717) is 24.1 Å². The van der Waals surface area contributed by atoms with Gasteiger partial charge in [-0.2, -0.15) is 4.31 Å². The first-order chi connectivity index (χ1) is 9.73. The van der Waals surface area contributed by atoms with E-state index in [2.05, 4.69) is 0 Å². The minimum atomic E-state index is -3.74.